The first kappa shape index (κ1) is 17.8. The minimum Gasteiger partial charge on any atom is -0.462 e. The number of carbonyl (C=O) groups is 1. The topological polar surface area (TPSA) is 65.2 Å². The van der Waals surface area contributed by atoms with Crippen LogP contribution in [-0.2, 0) is 9.53 Å². The maximum Gasteiger partial charge on any atom is 0.214 e. The molecular weight excluding hydrogens is 356 g/mol. The van der Waals surface area contributed by atoms with Crippen LogP contribution in [0.2, 0.25) is 5.02 Å². The number of halogens is 1. The van der Waals surface area contributed by atoms with Gasteiger partial charge in [0, 0.05) is 28.2 Å². The molecule has 0 bridgehead atoms. The van der Waals surface area contributed by atoms with Crippen LogP contribution in [0.15, 0.2) is 48.6 Å². The summed E-state index contributed by atoms with van der Waals surface area (Å²) >= 11 is 8.05. The van der Waals surface area contributed by atoms with Crippen LogP contribution >= 0.6 is 23.4 Å². The van der Waals surface area contributed by atoms with Crippen molar-refractivity contribution in [2.75, 3.05) is 6.26 Å². The van der Waals surface area contributed by atoms with Gasteiger partial charge in [0.15, 0.2) is 12.0 Å². The predicted molar refractivity (Wildman–Crippen MR) is 102 cm³/mol. The number of Topliss-reactive ketones (excluding diaryl/α,β-unsaturated/α-hetero) is 1. The third-order valence-corrected chi connectivity index (χ3v) is 5.59. The fourth-order valence-corrected chi connectivity index (χ4v) is 3.99. The number of aromatic nitrogens is 1. The molecule has 2 heterocycles. The first-order chi connectivity index (χ1) is 12.0. The summed E-state index contributed by atoms with van der Waals surface area (Å²) in [4.78, 5) is 17.0. The van der Waals surface area contributed by atoms with Gasteiger partial charge in [0.05, 0.1) is 5.57 Å². The van der Waals surface area contributed by atoms with Crippen LogP contribution in [0.3, 0.4) is 0 Å². The van der Waals surface area contributed by atoms with Crippen molar-refractivity contribution in [3.05, 3.63) is 70.3 Å². The summed E-state index contributed by atoms with van der Waals surface area (Å²) in [7, 11) is 0. The van der Waals surface area contributed by atoms with Gasteiger partial charge in [-0.1, -0.05) is 24.6 Å². The third kappa shape index (κ3) is 3.53. The number of ether oxygens (including phenoxy) is 1. The SMILES string of the molecule is CCC(SC)c1cc(Cl)cc(C2=C(N)OC(c3cccnc3)C2=O)c1. The number of nitrogens with zero attached hydrogens (tertiary/aromatic N) is 1. The average molecular weight is 375 g/mol. The number of hydrogen-bond acceptors (Lipinski definition) is 5. The summed E-state index contributed by atoms with van der Waals surface area (Å²) in [6.45, 7) is 2.12. The van der Waals surface area contributed by atoms with E-state index < -0.39 is 6.10 Å². The number of rotatable bonds is 5. The highest BCUT2D eigenvalue weighted by Crippen LogP contribution is 2.39. The second kappa shape index (κ2) is 7.50. The summed E-state index contributed by atoms with van der Waals surface area (Å²) in [5, 5.41) is 0.892. The normalized spacial score (nSPS) is 18.4. The second-order valence-corrected chi connectivity index (χ2v) is 7.27. The van der Waals surface area contributed by atoms with Crippen molar-refractivity contribution >= 4 is 34.7 Å². The fourth-order valence-electron chi connectivity index (χ4n) is 3.01. The Morgan fingerprint density at radius 3 is 2.84 bits per heavy atom. The fraction of sp³-hybridized carbons (Fsp3) is 0.263. The second-order valence-electron chi connectivity index (χ2n) is 5.79. The van der Waals surface area contributed by atoms with Crippen molar-refractivity contribution in [3.63, 3.8) is 0 Å². The number of hydrogen-bond donors (Lipinski definition) is 1. The molecule has 1 aliphatic rings. The van der Waals surface area contributed by atoms with E-state index in [4.69, 9.17) is 22.1 Å². The van der Waals surface area contributed by atoms with Crippen molar-refractivity contribution in [2.45, 2.75) is 24.7 Å². The van der Waals surface area contributed by atoms with Crippen LogP contribution in [0, 0.1) is 0 Å². The Hall–Kier alpha value is -1.98. The molecule has 1 aromatic heterocycles. The van der Waals surface area contributed by atoms with E-state index in [1.165, 1.54) is 0 Å². The molecule has 2 N–H and O–H groups in total. The Kier molecular flexibility index (Phi) is 5.35. The van der Waals surface area contributed by atoms with Gasteiger partial charge in [0.2, 0.25) is 5.78 Å². The summed E-state index contributed by atoms with van der Waals surface area (Å²) < 4.78 is 5.64. The third-order valence-electron chi connectivity index (χ3n) is 4.20. The van der Waals surface area contributed by atoms with E-state index in [1.54, 1.807) is 42.4 Å². The zero-order chi connectivity index (χ0) is 18.0. The molecule has 130 valence electrons. The van der Waals surface area contributed by atoms with Gasteiger partial charge in [0.25, 0.3) is 0 Å². The van der Waals surface area contributed by atoms with Crippen molar-refractivity contribution in [2.24, 2.45) is 5.73 Å². The van der Waals surface area contributed by atoms with Gasteiger partial charge in [-0.05, 0) is 48.1 Å². The van der Waals surface area contributed by atoms with Crippen LogP contribution in [-0.4, -0.2) is 17.0 Å². The number of pyridine rings is 1. The minimum atomic E-state index is -0.756. The number of benzene rings is 1. The summed E-state index contributed by atoms with van der Waals surface area (Å²) in [6, 6.07) is 9.24. The molecule has 2 atom stereocenters. The number of ketones is 1. The Morgan fingerprint density at radius 1 is 1.40 bits per heavy atom. The molecule has 0 amide bonds. The molecule has 4 nitrogen and oxygen atoms in total. The van der Waals surface area contributed by atoms with Gasteiger partial charge in [-0.25, -0.2) is 0 Å². The Balaban J connectivity index is 1.99. The Morgan fingerprint density at radius 2 is 2.20 bits per heavy atom. The molecule has 1 aliphatic heterocycles. The molecule has 0 saturated carbocycles. The smallest absolute Gasteiger partial charge is 0.214 e. The van der Waals surface area contributed by atoms with Crippen molar-refractivity contribution in [3.8, 4) is 0 Å². The van der Waals surface area contributed by atoms with E-state index >= 15 is 0 Å². The molecule has 0 radical (unpaired) electrons. The molecular formula is C19H19ClN2O2S. The quantitative estimate of drug-likeness (QED) is 0.833. The van der Waals surface area contributed by atoms with Crippen molar-refractivity contribution < 1.29 is 9.53 Å². The van der Waals surface area contributed by atoms with E-state index in [2.05, 4.69) is 18.2 Å². The minimum absolute atomic E-state index is 0.129. The lowest BCUT2D eigenvalue weighted by atomic mass is 9.95. The molecule has 0 aliphatic carbocycles. The van der Waals surface area contributed by atoms with Gasteiger partial charge in [0.1, 0.15) is 0 Å². The lowest BCUT2D eigenvalue weighted by Crippen LogP contribution is -2.10. The average Bonchev–Trinajstić information content (AvgIpc) is 2.91. The molecule has 0 spiro atoms. The van der Waals surface area contributed by atoms with Gasteiger partial charge in [-0.15, -0.1) is 0 Å². The van der Waals surface area contributed by atoms with E-state index in [0.717, 1.165) is 12.0 Å². The zero-order valence-corrected chi connectivity index (χ0v) is 15.6. The number of nitrogens with two attached hydrogens (primary N) is 1. The summed E-state index contributed by atoms with van der Waals surface area (Å²) in [5.74, 6) is -0.0415. The van der Waals surface area contributed by atoms with Gasteiger partial charge in [-0.3, -0.25) is 9.78 Å². The molecule has 1 aromatic carbocycles. The highest BCUT2D eigenvalue weighted by atomic mass is 35.5. The van der Waals surface area contributed by atoms with E-state index in [0.29, 0.717) is 27.0 Å². The van der Waals surface area contributed by atoms with Crippen LogP contribution in [0.1, 0.15) is 41.4 Å². The molecule has 2 aromatic rings. The molecule has 3 rings (SSSR count). The summed E-state index contributed by atoms with van der Waals surface area (Å²) in [5.41, 5.74) is 8.88. The molecule has 0 fully saturated rings. The molecule has 25 heavy (non-hydrogen) atoms. The van der Waals surface area contributed by atoms with Crippen molar-refractivity contribution in [1.29, 1.82) is 0 Å². The monoisotopic (exact) mass is 374 g/mol. The van der Waals surface area contributed by atoms with E-state index in [1.807, 2.05) is 12.1 Å². The zero-order valence-electron chi connectivity index (χ0n) is 14.0. The highest BCUT2D eigenvalue weighted by Gasteiger charge is 2.36. The Bertz CT molecular complexity index is 819. The van der Waals surface area contributed by atoms with Crippen LogP contribution in [0.25, 0.3) is 5.57 Å². The van der Waals surface area contributed by atoms with E-state index in [-0.39, 0.29) is 11.7 Å². The highest BCUT2D eigenvalue weighted by molar-refractivity contribution is 7.98. The van der Waals surface area contributed by atoms with Gasteiger partial charge >= 0.3 is 0 Å². The van der Waals surface area contributed by atoms with Crippen LogP contribution in [0.4, 0.5) is 0 Å². The Labute approximate surface area is 156 Å². The number of thioether (sulfide) groups is 1. The predicted octanol–water partition coefficient (Wildman–Crippen LogP) is 4.52. The molecule has 0 saturated heterocycles. The van der Waals surface area contributed by atoms with Crippen molar-refractivity contribution in [1.82, 2.24) is 4.98 Å². The van der Waals surface area contributed by atoms with Gasteiger partial charge < -0.3 is 10.5 Å². The maximum atomic E-state index is 12.9. The van der Waals surface area contributed by atoms with E-state index in [9.17, 15) is 4.79 Å². The number of carbonyl (C=O) groups excluding carboxylic acids is 1. The molecule has 6 heteroatoms. The maximum absolute atomic E-state index is 12.9. The standard InChI is InChI=1S/C19H19ClN2O2S/c1-3-15(25-2)12-7-13(9-14(20)8-12)16-17(23)18(24-19(16)21)11-5-4-6-22-10-11/h4-10,15,18H,3,21H2,1-2H3. The summed E-state index contributed by atoms with van der Waals surface area (Å²) in [6.07, 6.45) is 5.54. The van der Waals surface area contributed by atoms with Gasteiger partial charge in [-0.2, -0.15) is 11.8 Å². The van der Waals surface area contributed by atoms with Crippen LogP contribution < -0.4 is 5.73 Å². The first-order valence-corrected chi connectivity index (χ1v) is 9.66. The molecule has 2 unspecified atom stereocenters. The first-order valence-electron chi connectivity index (χ1n) is 7.99. The lowest BCUT2D eigenvalue weighted by Gasteiger charge is -2.14. The van der Waals surface area contributed by atoms with Crippen LogP contribution in [0.5, 0.6) is 0 Å². The lowest BCUT2D eigenvalue weighted by molar-refractivity contribution is -0.120. The largest absolute Gasteiger partial charge is 0.462 e.